The van der Waals surface area contributed by atoms with Crippen molar-refractivity contribution >= 4 is 41.5 Å². The molecule has 280 valence electrons. The minimum absolute atomic E-state index is 0.0411. The number of benzene rings is 1. The molecule has 14 N–H and O–H groups in total. The fourth-order valence-electron chi connectivity index (χ4n) is 4.87. The normalized spacial score (nSPS) is 14.4. The number of carboxylic acids is 2. The molecule has 1 aromatic carbocycles. The van der Waals surface area contributed by atoms with Gasteiger partial charge < -0.3 is 58.8 Å². The van der Waals surface area contributed by atoms with E-state index in [1.165, 1.54) is 24.7 Å². The summed E-state index contributed by atoms with van der Waals surface area (Å²) in [6.07, 6.45) is 2.32. The highest BCUT2D eigenvalue weighted by Crippen LogP contribution is 2.13. The third kappa shape index (κ3) is 14.7. The van der Waals surface area contributed by atoms with E-state index in [0.717, 1.165) is 0 Å². The topological polar surface area (TPSA) is 330 Å². The van der Waals surface area contributed by atoms with Crippen LogP contribution in [-0.4, -0.2) is 104 Å². The lowest BCUT2D eigenvalue weighted by molar-refractivity contribution is -0.142. The second-order valence-electron chi connectivity index (χ2n) is 12.0. The SMILES string of the molecule is CC[C@H](C)[C@H](NC(=O)[C@@H](N)Cc1ccc(O)cc1)C(=O)N[C@@H](CCC(=O)O)C(=O)N[C@@H](CCCN=C(N)N)C(=O)N[C@@H](Cc1cnc[nH]1)C(=O)O. The Morgan fingerprint density at radius 2 is 1.47 bits per heavy atom. The van der Waals surface area contributed by atoms with Gasteiger partial charge in [0.15, 0.2) is 5.96 Å². The van der Waals surface area contributed by atoms with Crippen LogP contribution in [0.1, 0.15) is 57.2 Å². The highest BCUT2D eigenvalue weighted by molar-refractivity contribution is 5.95. The molecule has 19 heteroatoms. The number of amides is 4. The number of carbonyl (C=O) groups excluding carboxylic acids is 4. The second kappa shape index (κ2) is 20.7. The first-order valence-electron chi connectivity index (χ1n) is 16.3. The van der Waals surface area contributed by atoms with Gasteiger partial charge in [0.2, 0.25) is 23.6 Å². The Kier molecular flexibility index (Phi) is 16.8. The number of aliphatic imine (C=N–C) groups is 1. The van der Waals surface area contributed by atoms with Gasteiger partial charge in [-0.05, 0) is 49.3 Å². The van der Waals surface area contributed by atoms with Crippen LogP contribution in [0.15, 0.2) is 41.8 Å². The van der Waals surface area contributed by atoms with Crippen LogP contribution in [0.3, 0.4) is 0 Å². The standard InChI is InChI=1S/C32H48N10O9/c1-3-17(2)26(42-27(46)21(33)13-18-6-8-20(43)9-7-18)30(49)40-23(10-11-25(44)45)29(48)39-22(5-4-12-37-32(34)35)28(47)41-24(31(50)51)14-19-15-36-16-38-19/h6-9,15-17,21-24,26,43H,3-5,10-14,33H2,1-2H3,(H,36,38)(H,39,48)(H,40,49)(H,41,47)(H,42,46)(H,44,45)(H,50,51)(H4,34,35,37)/t17-,21-,22-,23-,24-,26-/m0/s1. The van der Waals surface area contributed by atoms with Gasteiger partial charge in [0.05, 0.1) is 12.4 Å². The Morgan fingerprint density at radius 3 is 2.02 bits per heavy atom. The summed E-state index contributed by atoms with van der Waals surface area (Å²) in [5.74, 6) is -6.46. The van der Waals surface area contributed by atoms with Crippen LogP contribution in [0.25, 0.3) is 0 Å². The number of hydrogen-bond donors (Lipinski definition) is 11. The van der Waals surface area contributed by atoms with E-state index in [0.29, 0.717) is 17.7 Å². The molecule has 0 bridgehead atoms. The van der Waals surface area contributed by atoms with Gasteiger partial charge in [-0.3, -0.25) is 29.0 Å². The first-order valence-corrected chi connectivity index (χ1v) is 16.3. The second-order valence-corrected chi connectivity index (χ2v) is 12.0. The Labute approximate surface area is 294 Å². The van der Waals surface area contributed by atoms with Gasteiger partial charge in [0.25, 0.3) is 0 Å². The summed E-state index contributed by atoms with van der Waals surface area (Å²) in [5.41, 5.74) is 18.0. The first kappa shape index (κ1) is 41.5. The number of nitrogens with zero attached hydrogens (tertiary/aromatic N) is 2. The lowest BCUT2D eigenvalue weighted by atomic mass is 9.96. The van der Waals surface area contributed by atoms with Gasteiger partial charge in [-0.15, -0.1) is 0 Å². The number of imidazole rings is 1. The van der Waals surface area contributed by atoms with Crippen LogP contribution in [0, 0.1) is 5.92 Å². The highest BCUT2D eigenvalue weighted by atomic mass is 16.4. The molecule has 0 radical (unpaired) electrons. The van der Waals surface area contributed by atoms with Crippen LogP contribution >= 0.6 is 0 Å². The molecule has 1 heterocycles. The maximum Gasteiger partial charge on any atom is 0.326 e. The number of hydrogen-bond acceptors (Lipinski definition) is 10. The molecule has 0 spiro atoms. The highest BCUT2D eigenvalue weighted by Gasteiger charge is 2.33. The molecule has 0 aliphatic heterocycles. The van der Waals surface area contributed by atoms with Gasteiger partial charge >= 0.3 is 11.9 Å². The molecule has 6 atom stereocenters. The lowest BCUT2D eigenvalue weighted by Gasteiger charge is -2.28. The minimum Gasteiger partial charge on any atom is -0.508 e. The van der Waals surface area contributed by atoms with E-state index in [9.17, 15) is 44.1 Å². The van der Waals surface area contributed by atoms with Crippen LogP contribution in [0.2, 0.25) is 0 Å². The van der Waals surface area contributed by atoms with Gasteiger partial charge in [-0.25, -0.2) is 9.78 Å². The third-order valence-corrected chi connectivity index (χ3v) is 7.97. The number of rotatable bonds is 22. The van der Waals surface area contributed by atoms with E-state index in [4.69, 9.17) is 17.2 Å². The fourth-order valence-corrected chi connectivity index (χ4v) is 4.87. The molecular weight excluding hydrogens is 668 g/mol. The first-order chi connectivity index (χ1) is 24.1. The number of phenolic OH excluding ortho intramolecular Hbond substituents is 1. The van der Waals surface area contributed by atoms with E-state index >= 15 is 0 Å². The molecule has 0 aliphatic carbocycles. The molecule has 51 heavy (non-hydrogen) atoms. The molecule has 0 fully saturated rings. The summed E-state index contributed by atoms with van der Waals surface area (Å²) in [6.45, 7) is 3.55. The Balaban J connectivity index is 2.26. The van der Waals surface area contributed by atoms with Crippen LogP contribution in [0.4, 0.5) is 0 Å². The Morgan fingerprint density at radius 1 is 0.863 bits per heavy atom. The summed E-state index contributed by atoms with van der Waals surface area (Å²) < 4.78 is 0. The van der Waals surface area contributed by atoms with Crippen molar-refractivity contribution in [1.82, 2.24) is 31.2 Å². The smallest absolute Gasteiger partial charge is 0.326 e. The van der Waals surface area contributed by atoms with Gasteiger partial charge in [-0.1, -0.05) is 32.4 Å². The quantitative estimate of drug-likeness (QED) is 0.0365. The molecule has 0 aliphatic rings. The zero-order chi connectivity index (χ0) is 38.1. The van der Waals surface area contributed by atoms with Crippen molar-refractivity contribution in [1.29, 1.82) is 0 Å². The van der Waals surface area contributed by atoms with Crippen molar-refractivity contribution in [3.8, 4) is 5.75 Å². The van der Waals surface area contributed by atoms with Gasteiger partial charge in [0.1, 0.15) is 29.9 Å². The van der Waals surface area contributed by atoms with Gasteiger partial charge in [-0.2, -0.15) is 0 Å². The molecule has 0 unspecified atom stereocenters. The van der Waals surface area contributed by atoms with E-state index in [2.05, 4.69) is 36.2 Å². The number of aromatic nitrogens is 2. The number of nitrogens with one attached hydrogen (secondary N) is 5. The molecule has 0 saturated carbocycles. The van der Waals surface area contributed by atoms with Crippen molar-refractivity contribution < 1.29 is 44.1 Å². The van der Waals surface area contributed by atoms with Crippen molar-refractivity contribution in [2.24, 2.45) is 28.1 Å². The van der Waals surface area contributed by atoms with Crippen LogP contribution < -0.4 is 38.5 Å². The molecule has 2 rings (SSSR count). The summed E-state index contributed by atoms with van der Waals surface area (Å²) >= 11 is 0. The predicted octanol–water partition coefficient (Wildman–Crippen LogP) is -1.78. The molecule has 1 aromatic heterocycles. The zero-order valence-corrected chi connectivity index (χ0v) is 28.5. The molecule has 4 amide bonds. The van der Waals surface area contributed by atoms with Crippen molar-refractivity contribution in [3.05, 3.63) is 48.0 Å². The van der Waals surface area contributed by atoms with E-state index in [1.807, 2.05) is 0 Å². The maximum atomic E-state index is 13.6. The fraction of sp³-hybridized carbons (Fsp3) is 0.500. The predicted molar refractivity (Wildman–Crippen MR) is 184 cm³/mol. The molecular formula is C32H48N10O9. The Bertz CT molecular complexity index is 1500. The number of phenols is 1. The van der Waals surface area contributed by atoms with Crippen molar-refractivity contribution in [2.75, 3.05) is 6.54 Å². The summed E-state index contributed by atoms with van der Waals surface area (Å²) in [4.78, 5) is 87.5. The number of aliphatic carboxylic acids is 2. The van der Waals surface area contributed by atoms with E-state index < -0.39 is 78.1 Å². The van der Waals surface area contributed by atoms with Crippen molar-refractivity contribution in [3.63, 3.8) is 0 Å². The number of carboxylic acid groups (broad SMARTS) is 2. The van der Waals surface area contributed by atoms with Crippen molar-refractivity contribution in [2.45, 2.75) is 89.0 Å². The number of aromatic hydroxyl groups is 1. The van der Waals surface area contributed by atoms with Crippen LogP contribution in [0.5, 0.6) is 5.75 Å². The zero-order valence-electron chi connectivity index (χ0n) is 28.5. The Hall–Kier alpha value is -5.72. The number of guanidine groups is 1. The molecule has 0 saturated heterocycles. The monoisotopic (exact) mass is 716 g/mol. The lowest BCUT2D eigenvalue weighted by Crippen LogP contribution is -2.59. The van der Waals surface area contributed by atoms with E-state index in [-0.39, 0.29) is 50.4 Å². The number of carbonyl (C=O) groups is 6. The van der Waals surface area contributed by atoms with E-state index in [1.54, 1.807) is 26.0 Å². The number of aromatic amines is 1. The third-order valence-electron chi connectivity index (χ3n) is 7.97. The average molecular weight is 717 g/mol. The minimum atomic E-state index is -1.48. The van der Waals surface area contributed by atoms with Crippen LogP contribution in [-0.2, 0) is 41.6 Å². The molecule has 19 nitrogen and oxygen atoms in total. The summed E-state index contributed by atoms with van der Waals surface area (Å²) in [5, 5.41) is 38.6. The summed E-state index contributed by atoms with van der Waals surface area (Å²) in [6, 6.07) is -0.377. The maximum absolute atomic E-state index is 13.6. The number of nitrogens with two attached hydrogens (primary N) is 3. The largest absolute Gasteiger partial charge is 0.508 e. The number of H-pyrrole nitrogens is 1. The summed E-state index contributed by atoms with van der Waals surface area (Å²) in [7, 11) is 0. The molecule has 2 aromatic rings. The average Bonchev–Trinajstić information content (AvgIpc) is 3.59. The van der Waals surface area contributed by atoms with Gasteiger partial charge in [0, 0.05) is 31.3 Å².